The van der Waals surface area contributed by atoms with Gasteiger partial charge in [0.15, 0.2) is 0 Å². The molecule has 1 aliphatic heterocycles. The van der Waals surface area contributed by atoms with Gasteiger partial charge in [0.1, 0.15) is 10.3 Å². The molecular formula is C12H16N4OS. The molecule has 2 aromatic heterocycles. The van der Waals surface area contributed by atoms with E-state index in [-0.39, 0.29) is 0 Å². The number of nitrogens with two attached hydrogens (primary N) is 1. The van der Waals surface area contributed by atoms with E-state index in [1.54, 1.807) is 17.5 Å². The van der Waals surface area contributed by atoms with Crippen LogP contribution in [0.3, 0.4) is 0 Å². The molecule has 0 saturated carbocycles. The summed E-state index contributed by atoms with van der Waals surface area (Å²) in [5.74, 6) is 0. The summed E-state index contributed by atoms with van der Waals surface area (Å²) in [5, 5.41) is 1.02. The summed E-state index contributed by atoms with van der Waals surface area (Å²) in [5.41, 5.74) is 8.75. The van der Waals surface area contributed by atoms with Crippen molar-refractivity contribution in [1.29, 1.82) is 0 Å². The molecule has 2 aromatic rings. The molecule has 0 spiro atoms. The Bertz CT molecular complexity index is 560. The second kappa shape index (κ2) is 4.70. The Balaban J connectivity index is 2.10. The number of thiazole rings is 1. The minimum absolute atomic E-state index is 0.703. The third-order valence-electron chi connectivity index (χ3n) is 3.07. The molecule has 2 N–H and O–H groups in total. The van der Waals surface area contributed by atoms with E-state index < -0.39 is 0 Å². The number of aryl methyl sites for hydroxylation is 1. The summed E-state index contributed by atoms with van der Waals surface area (Å²) in [6, 6.07) is 0. The van der Waals surface area contributed by atoms with Crippen molar-refractivity contribution in [2.45, 2.75) is 13.3 Å². The zero-order chi connectivity index (χ0) is 12.5. The first kappa shape index (κ1) is 11.7. The van der Waals surface area contributed by atoms with Crippen molar-refractivity contribution in [3.8, 4) is 0 Å². The van der Waals surface area contributed by atoms with Crippen molar-refractivity contribution in [2.75, 3.05) is 36.9 Å². The van der Waals surface area contributed by atoms with Crippen LogP contribution >= 0.6 is 11.3 Å². The van der Waals surface area contributed by atoms with E-state index in [0.29, 0.717) is 5.69 Å². The smallest absolute Gasteiger partial charge is 0.145 e. The van der Waals surface area contributed by atoms with E-state index in [9.17, 15) is 0 Å². The van der Waals surface area contributed by atoms with Gasteiger partial charge in [0, 0.05) is 19.7 Å². The van der Waals surface area contributed by atoms with Gasteiger partial charge in [-0.2, -0.15) is 0 Å². The first-order valence-electron chi connectivity index (χ1n) is 6.10. The highest BCUT2D eigenvalue weighted by Crippen LogP contribution is 2.33. The van der Waals surface area contributed by atoms with Gasteiger partial charge in [-0.15, -0.1) is 0 Å². The zero-order valence-corrected chi connectivity index (χ0v) is 11.2. The van der Waals surface area contributed by atoms with Crippen molar-refractivity contribution in [2.24, 2.45) is 0 Å². The van der Waals surface area contributed by atoms with E-state index in [1.807, 2.05) is 6.92 Å². The highest BCUT2D eigenvalue weighted by atomic mass is 32.1. The van der Waals surface area contributed by atoms with Crippen LogP contribution in [0.15, 0.2) is 6.20 Å². The summed E-state index contributed by atoms with van der Waals surface area (Å²) in [6.07, 6.45) is 2.76. The van der Waals surface area contributed by atoms with Crippen molar-refractivity contribution in [3.05, 3.63) is 11.2 Å². The summed E-state index contributed by atoms with van der Waals surface area (Å²) in [6.45, 7) is 5.38. The molecule has 96 valence electrons. The van der Waals surface area contributed by atoms with Crippen LogP contribution in [-0.2, 0) is 4.74 Å². The van der Waals surface area contributed by atoms with Crippen molar-refractivity contribution >= 4 is 33.1 Å². The van der Waals surface area contributed by atoms with Crippen LogP contribution in [-0.4, -0.2) is 36.3 Å². The molecule has 1 fully saturated rings. The number of fused-ring (bicyclic) bond motifs is 1. The number of nitrogen functional groups attached to an aromatic ring is 1. The Morgan fingerprint density at radius 1 is 1.39 bits per heavy atom. The van der Waals surface area contributed by atoms with E-state index in [2.05, 4.69) is 14.9 Å². The van der Waals surface area contributed by atoms with Crippen LogP contribution in [0.4, 0.5) is 11.4 Å². The number of pyridine rings is 1. The average molecular weight is 264 g/mol. The number of hydrogen-bond donors (Lipinski definition) is 1. The van der Waals surface area contributed by atoms with E-state index >= 15 is 0 Å². The highest BCUT2D eigenvalue weighted by Gasteiger charge is 2.18. The maximum absolute atomic E-state index is 6.10. The molecular weight excluding hydrogens is 248 g/mol. The number of anilines is 2. The quantitative estimate of drug-likeness (QED) is 0.851. The fraction of sp³-hybridized carbons (Fsp3) is 0.500. The molecule has 0 unspecified atom stereocenters. The van der Waals surface area contributed by atoms with Gasteiger partial charge in [0.2, 0.25) is 0 Å². The van der Waals surface area contributed by atoms with Crippen LogP contribution in [0.5, 0.6) is 0 Å². The van der Waals surface area contributed by atoms with Gasteiger partial charge in [0.25, 0.3) is 0 Å². The van der Waals surface area contributed by atoms with Gasteiger partial charge < -0.3 is 15.4 Å². The van der Waals surface area contributed by atoms with Crippen LogP contribution in [0, 0.1) is 6.92 Å². The lowest BCUT2D eigenvalue weighted by molar-refractivity contribution is 0.152. The number of nitrogens with zero attached hydrogens (tertiary/aromatic N) is 3. The molecule has 0 radical (unpaired) electrons. The second-order valence-electron chi connectivity index (χ2n) is 4.40. The van der Waals surface area contributed by atoms with Crippen LogP contribution in [0.2, 0.25) is 0 Å². The molecule has 0 atom stereocenters. The van der Waals surface area contributed by atoms with Crippen molar-refractivity contribution in [3.63, 3.8) is 0 Å². The fourth-order valence-corrected chi connectivity index (χ4v) is 3.05. The van der Waals surface area contributed by atoms with Gasteiger partial charge in [-0.25, -0.2) is 9.97 Å². The molecule has 5 nitrogen and oxygen atoms in total. The molecule has 3 rings (SSSR count). The zero-order valence-electron chi connectivity index (χ0n) is 10.3. The molecule has 1 aliphatic rings. The lowest BCUT2D eigenvalue weighted by atomic mass is 10.2. The summed E-state index contributed by atoms with van der Waals surface area (Å²) in [4.78, 5) is 12.2. The Morgan fingerprint density at radius 2 is 2.28 bits per heavy atom. The lowest BCUT2D eigenvalue weighted by Gasteiger charge is -2.23. The Hall–Kier alpha value is -1.40. The van der Waals surface area contributed by atoms with Gasteiger partial charge in [0.05, 0.1) is 29.2 Å². The number of aromatic nitrogens is 2. The maximum Gasteiger partial charge on any atom is 0.145 e. The Kier molecular flexibility index (Phi) is 3.05. The molecule has 1 saturated heterocycles. The van der Waals surface area contributed by atoms with Gasteiger partial charge in [-0.1, -0.05) is 11.3 Å². The predicted octanol–water partition coefficient (Wildman–Crippen LogP) is 1.81. The monoisotopic (exact) mass is 264 g/mol. The molecule has 0 aromatic carbocycles. The SMILES string of the molecule is Cc1nc2c(N3CCCOCC3)c(N)cnc2s1. The summed E-state index contributed by atoms with van der Waals surface area (Å²) < 4.78 is 5.49. The van der Waals surface area contributed by atoms with Crippen LogP contribution in [0.1, 0.15) is 11.4 Å². The van der Waals surface area contributed by atoms with Gasteiger partial charge in [-0.3, -0.25) is 0 Å². The fourth-order valence-electron chi connectivity index (χ4n) is 2.29. The number of ether oxygens (including phenoxy) is 1. The molecule has 6 heteroatoms. The largest absolute Gasteiger partial charge is 0.396 e. The minimum Gasteiger partial charge on any atom is -0.396 e. The second-order valence-corrected chi connectivity index (χ2v) is 5.58. The Morgan fingerprint density at radius 3 is 3.17 bits per heavy atom. The Labute approximate surface area is 110 Å². The lowest BCUT2D eigenvalue weighted by Crippen LogP contribution is -2.27. The number of hydrogen-bond acceptors (Lipinski definition) is 6. The first-order chi connectivity index (χ1) is 8.75. The topological polar surface area (TPSA) is 64.3 Å². The molecule has 0 bridgehead atoms. The van der Waals surface area contributed by atoms with E-state index in [0.717, 1.165) is 53.8 Å². The van der Waals surface area contributed by atoms with E-state index in [4.69, 9.17) is 10.5 Å². The third kappa shape index (κ3) is 2.02. The molecule has 3 heterocycles. The minimum atomic E-state index is 0.703. The van der Waals surface area contributed by atoms with E-state index in [1.165, 1.54) is 0 Å². The predicted molar refractivity (Wildman–Crippen MR) is 74.2 cm³/mol. The maximum atomic E-state index is 6.10. The van der Waals surface area contributed by atoms with Crippen LogP contribution < -0.4 is 10.6 Å². The van der Waals surface area contributed by atoms with Crippen LogP contribution in [0.25, 0.3) is 10.3 Å². The summed E-state index contributed by atoms with van der Waals surface area (Å²) in [7, 11) is 0. The average Bonchev–Trinajstić information content (AvgIpc) is 2.57. The normalized spacial score (nSPS) is 17.1. The molecule has 0 aliphatic carbocycles. The molecule has 18 heavy (non-hydrogen) atoms. The van der Waals surface area contributed by atoms with Crippen molar-refractivity contribution in [1.82, 2.24) is 9.97 Å². The summed E-state index contributed by atoms with van der Waals surface area (Å²) >= 11 is 1.61. The molecule has 0 amide bonds. The van der Waals surface area contributed by atoms with Crippen molar-refractivity contribution < 1.29 is 4.74 Å². The standard InChI is InChI=1S/C12H16N4OS/c1-8-15-10-11(9(13)7-14-12(10)18-8)16-3-2-5-17-6-4-16/h7H,2-6,13H2,1H3. The van der Waals surface area contributed by atoms with Gasteiger partial charge in [-0.05, 0) is 13.3 Å². The third-order valence-corrected chi connectivity index (χ3v) is 3.95. The highest BCUT2D eigenvalue weighted by molar-refractivity contribution is 7.18. The first-order valence-corrected chi connectivity index (χ1v) is 6.91. The van der Waals surface area contributed by atoms with Gasteiger partial charge >= 0.3 is 0 Å². The number of rotatable bonds is 1.